The quantitative estimate of drug-likeness (QED) is 0.669. The molecule has 5 nitrogen and oxygen atoms in total. The van der Waals surface area contributed by atoms with Gasteiger partial charge < -0.3 is 15.0 Å². The Morgan fingerprint density at radius 1 is 1.85 bits per heavy atom. The molecule has 5 heteroatoms. The number of hydrogen-bond donors (Lipinski definition) is 1. The van der Waals surface area contributed by atoms with Gasteiger partial charge in [-0.2, -0.15) is 0 Å². The minimum atomic E-state index is -0.396. The lowest BCUT2D eigenvalue weighted by molar-refractivity contribution is -0.141. The molecule has 0 aliphatic carbocycles. The first-order valence-electron chi connectivity index (χ1n) is 3.94. The van der Waals surface area contributed by atoms with E-state index in [4.69, 9.17) is 5.73 Å². The van der Waals surface area contributed by atoms with Crippen LogP contribution in [0.3, 0.4) is 0 Å². The summed E-state index contributed by atoms with van der Waals surface area (Å²) in [5, 5.41) is 0. The Morgan fingerprint density at radius 3 is 3.00 bits per heavy atom. The number of aromatic nitrogens is 2. The third-order valence-electron chi connectivity index (χ3n) is 1.80. The Bertz CT molecular complexity index is 295. The largest absolute Gasteiger partial charge is 0.469 e. The van der Waals surface area contributed by atoms with E-state index in [2.05, 4.69) is 9.72 Å². The van der Waals surface area contributed by atoms with E-state index in [0.29, 0.717) is 5.82 Å². The van der Waals surface area contributed by atoms with Crippen LogP contribution in [0.4, 0.5) is 0 Å². The molecule has 0 spiro atoms. The zero-order valence-electron chi connectivity index (χ0n) is 7.73. The van der Waals surface area contributed by atoms with Crippen LogP contribution in [0.15, 0.2) is 12.4 Å². The highest BCUT2D eigenvalue weighted by Gasteiger charge is 2.15. The molecule has 1 unspecified atom stereocenters. The smallest absolute Gasteiger partial charge is 0.307 e. The third kappa shape index (κ3) is 2.29. The molecule has 13 heavy (non-hydrogen) atoms. The number of nitrogens with two attached hydrogens (primary N) is 1. The summed E-state index contributed by atoms with van der Waals surface area (Å²) in [5.74, 6) is 0.362. The molecule has 0 fully saturated rings. The maximum atomic E-state index is 10.9. The number of carbonyl (C=O) groups excluding carboxylic acids is 1. The number of hydrogen-bond acceptors (Lipinski definition) is 4. The van der Waals surface area contributed by atoms with E-state index < -0.39 is 6.04 Å². The van der Waals surface area contributed by atoms with Crippen LogP contribution in [-0.4, -0.2) is 22.6 Å². The number of aryl methyl sites for hydroxylation is 1. The fraction of sp³-hybridized carbons (Fsp3) is 0.500. The molecule has 1 aromatic rings. The molecule has 0 radical (unpaired) electrons. The van der Waals surface area contributed by atoms with Gasteiger partial charge in [0, 0.05) is 19.4 Å². The number of esters is 1. The van der Waals surface area contributed by atoms with Crippen molar-refractivity contribution in [2.45, 2.75) is 12.5 Å². The predicted octanol–water partition coefficient (Wildman–Crippen LogP) is -0.0170. The first kappa shape index (κ1) is 9.73. The average molecular weight is 183 g/mol. The number of carbonyl (C=O) groups is 1. The van der Waals surface area contributed by atoms with Gasteiger partial charge in [-0.3, -0.25) is 4.79 Å². The molecule has 0 aromatic carbocycles. The summed E-state index contributed by atoms with van der Waals surface area (Å²) in [6, 6.07) is -0.396. The fourth-order valence-electron chi connectivity index (χ4n) is 1.09. The molecule has 0 bridgehead atoms. The lowest BCUT2D eigenvalue weighted by Crippen LogP contribution is -2.19. The molecular formula is C8H13N3O2. The molecule has 0 aliphatic heterocycles. The summed E-state index contributed by atoms with van der Waals surface area (Å²) >= 11 is 0. The molecule has 1 heterocycles. The first-order chi connectivity index (χ1) is 6.15. The molecule has 1 rings (SSSR count). The molecule has 0 saturated heterocycles. The highest BCUT2D eigenvalue weighted by molar-refractivity contribution is 5.70. The second-order valence-electron chi connectivity index (χ2n) is 2.78. The van der Waals surface area contributed by atoms with Crippen LogP contribution in [-0.2, 0) is 16.6 Å². The van der Waals surface area contributed by atoms with Crippen LogP contribution in [0.25, 0.3) is 0 Å². The molecular weight excluding hydrogens is 170 g/mol. The minimum absolute atomic E-state index is 0.154. The van der Waals surface area contributed by atoms with Gasteiger partial charge in [0.25, 0.3) is 0 Å². The fourth-order valence-corrected chi connectivity index (χ4v) is 1.09. The van der Waals surface area contributed by atoms with Gasteiger partial charge in [-0.1, -0.05) is 0 Å². The highest BCUT2D eigenvalue weighted by Crippen LogP contribution is 2.10. The van der Waals surface area contributed by atoms with Crippen molar-refractivity contribution < 1.29 is 9.53 Å². The van der Waals surface area contributed by atoms with Crippen LogP contribution < -0.4 is 5.73 Å². The van der Waals surface area contributed by atoms with Crippen LogP contribution in [0.2, 0.25) is 0 Å². The Labute approximate surface area is 76.5 Å². The summed E-state index contributed by atoms with van der Waals surface area (Å²) in [6.45, 7) is 0. The summed E-state index contributed by atoms with van der Waals surface area (Å²) in [5.41, 5.74) is 5.73. The van der Waals surface area contributed by atoms with Gasteiger partial charge >= 0.3 is 5.97 Å². The molecule has 0 saturated carbocycles. The monoisotopic (exact) mass is 183 g/mol. The van der Waals surface area contributed by atoms with Crippen molar-refractivity contribution in [1.29, 1.82) is 0 Å². The van der Waals surface area contributed by atoms with Crippen LogP contribution in [0.5, 0.6) is 0 Å². The summed E-state index contributed by atoms with van der Waals surface area (Å²) in [6.07, 6.45) is 3.58. The van der Waals surface area contributed by atoms with Crippen LogP contribution in [0.1, 0.15) is 18.3 Å². The van der Waals surface area contributed by atoms with E-state index in [1.165, 1.54) is 7.11 Å². The second-order valence-corrected chi connectivity index (χ2v) is 2.78. The van der Waals surface area contributed by atoms with E-state index in [1.807, 2.05) is 7.05 Å². The van der Waals surface area contributed by atoms with Crippen molar-refractivity contribution >= 4 is 5.97 Å². The third-order valence-corrected chi connectivity index (χ3v) is 1.80. The van der Waals surface area contributed by atoms with Gasteiger partial charge in [0.2, 0.25) is 0 Å². The predicted molar refractivity (Wildman–Crippen MR) is 46.8 cm³/mol. The SMILES string of the molecule is COC(=O)CC(N)c1nccn1C. The Balaban J connectivity index is 2.63. The van der Waals surface area contributed by atoms with Gasteiger partial charge in [-0.25, -0.2) is 4.98 Å². The van der Waals surface area contributed by atoms with Crippen molar-refractivity contribution in [2.24, 2.45) is 12.8 Å². The Morgan fingerprint density at radius 2 is 2.54 bits per heavy atom. The molecule has 0 amide bonds. The number of ether oxygens (including phenoxy) is 1. The van der Waals surface area contributed by atoms with Crippen LogP contribution >= 0.6 is 0 Å². The van der Waals surface area contributed by atoms with Crippen LogP contribution in [0, 0.1) is 0 Å². The van der Waals surface area contributed by atoms with E-state index in [9.17, 15) is 4.79 Å². The number of methoxy groups -OCH3 is 1. The average Bonchev–Trinajstić information content (AvgIpc) is 2.51. The minimum Gasteiger partial charge on any atom is -0.469 e. The summed E-state index contributed by atoms with van der Waals surface area (Å²) in [4.78, 5) is 14.9. The normalized spacial score (nSPS) is 12.5. The zero-order valence-corrected chi connectivity index (χ0v) is 7.73. The topological polar surface area (TPSA) is 70.1 Å². The molecule has 1 atom stereocenters. The molecule has 0 aliphatic rings. The Kier molecular flexibility index (Phi) is 3.02. The zero-order chi connectivity index (χ0) is 9.84. The Hall–Kier alpha value is -1.36. The maximum Gasteiger partial charge on any atom is 0.307 e. The lowest BCUT2D eigenvalue weighted by atomic mass is 10.2. The van der Waals surface area contributed by atoms with Crippen molar-refractivity contribution in [3.05, 3.63) is 18.2 Å². The summed E-state index contributed by atoms with van der Waals surface area (Å²) in [7, 11) is 3.17. The van der Waals surface area contributed by atoms with Gasteiger partial charge in [-0.05, 0) is 0 Å². The van der Waals surface area contributed by atoms with Gasteiger partial charge in [0.15, 0.2) is 0 Å². The van der Waals surface area contributed by atoms with E-state index in [0.717, 1.165) is 0 Å². The van der Waals surface area contributed by atoms with Gasteiger partial charge in [0.05, 0.1) is 19.6 Å². The maximum absolute atomic E-state index is 10.9. The summed E-state index contributed by atoms with van der Waals surface area (Å²) < 4.78 is 6.29. The molecule has 2 N–H and O–H groups in total. The van der Waals surface area contributed by atoms with E-state index >= 15 is 0 Å². The lowest BCUT2D eigenvalue weighted by Gasteiger charge is -2.09. The van der Waals surface area contributed by atoms with E-state index in [1.54, 1.807) is 17.0 Å². The number of rotatable bonds is 3. The first-order valence-corrected chi connectivity index (χ1v) is 3.94. The highest BCUT2D eigenvalue weighted by atomic mass is 16.5. The van der Waals surface area contributed by atoms with Crippen molar-refractivity contribution in [2.75, 3.05) is 7.11 Å². The van der Waals surface area contributed by atoms with Crippen molar-refractivity contribution in [1.82, 2.24) is 9.55 Å². The number of imidazole rings is 1. The molecule has 72 valence electrons. The van der Waals surface area contributed by atoms with Gasteiger partial charge in [-0.15, -0.1) is 0 Å². The standard InChI is InChI=1S/C8H13N3O2/c1-11-4-3-10-8(11)6(9)5-7(12)13-2/h3-4,6H,5,9H2,1-2H3. The second kappa shape index (κ2) is 4.04. The van der Waals surface area contributed by atoms with Crippen molar-refractivity contribution in [3.8, 4) is 0 Å². The molecule has 1 aromatic heterocycles. The van der Waals surface area contributed by atoms with Crippen molar-refractivity contribution in [3.63, 3.8) is 0 Å². The van der Waals surface area contributed by atoms with Gasteiger partial charge in [0.1, 0.15) is 5.82 Å². The van der Waals surface area contributed by atoms with E-state index in [-0.39, 0.29) is 12.4 Å². The number of nitrogens with zero attached hydrogens (tertiary/aromatic N) is 2.